The van der Waals surface area contributed by atoms with E-state index in [1.54, 1.807) is 32.2 Å². The molecule has 8 heteroatoms. The van der Waals surface area contributed by atoms with Gasteiger partial charge in [-0.2, -0.15) is 5.10 Å². The van der Waals surface area contributed by atoms with Crippen molar-refractivity contribution in [2.75, 3.05) is 5.32 Å². The van der Waals surface area contributed by atoms with Crippen molar-refractivity contribution >= 4 is 21.6 Å². The van der Waals surface area contributed by atoms with Crippen molar-refractivity contribution in [3.05, 3.63) is 77.6 Å². The molecule has 0 aliphatic rings. The number of amides is 1. The van der Waals surface area contributed by atoms with Crippen LogP contribution in [0.5, 0.6) is 0 Å². The van der Waals surface area contributed by atoms with Crippen LogP contribution in [0, 0.1) is 0 Å². The Morgan fingerprint density at radius 3 is 2.33 bits per heavy atom. The summed E-state index contributed by atoms with van der Waals surface area (Å²) in [5.41, 5.74) is 2.97. The molecular formula is C22H26N4O3S. The van der Waals surface area contributed by atoms with Gasteiger partial charge in [-0.15, -0.1) is 0 Å². The van der Waals surface area contributed by atoms with Gasteiger partial charge in [-0.3, -0.25) is 9.48 Å². The topological polar surface area (TPSA) is 93.1 Å². The first-order valence-corrected chi connectivity index (χ1v) is 11.3. The molecule has 30 heavy (non-hydrogen) atoms. The third-order valence-electron chi connectivity index (χ3n) is 4.52. The second-order valence-corrected chi connectivity index (χ2v) is 8.97. The summed E-state index contributed by atoms with van der Waals surface area (Å²) in [5.74, 6) is -0.276. The third kappa shape index (κ3) is 5.14. The van der Waals surface area contributed by atoms with Crippen LogP contribution in [-0.2, 0) is 23.0 Å². The standard InChI is InChI=1S/C22H26N4O3S/c1-4-21-20(14-23-26(21)15-17-8-6-5-7-9-17)22(27)24-18-10-12-19(13-11-18)30(28,29)25-16(2)3/h5-14,16,25H,4,15H2,1-3H3,(H,24,27). The maximum absolute atomic E-state index is 12.8. The van der Waals surface area contributed by atoms with Gasteiger partial charge in [-0.05, 0) is 50.1 Å². The average Bonchev–Trinajstić information content (AvgIpc) is 3.11. The van der Waals surface area contributed by atoms with E-state index in [0.29, 0.717) is 24.2 Å². The number of benzene rings is 2. The SMILES string of the molecule is CCc1c(C(=O)Nc2ccc(S(=O)(=O)NC(C)C)cc2)cnn1Cc1ccccc1. The summed E-state index contributed by atoms with van der Waals surface area (Å²) in [5, 5.41) is 7.21. The predicted molar refractivity (Wildman–Crippen MR) is 117 cm³/mol. The lowest BCUT2D eigenvalue weighted by molar-refractivity contribution is 0.102. The van der Waals surface area contributed by atoms with Crippen LogP contribution in [0.25, 0.3) is 0 Å². The Bertz CT molecular complexity index is 1110. The highest BCUT2D eigenvalue weighted by atomic mass is 32.2. The van der Waals surface area contributed by atoms with Gasteiger partial charge in [0.25, 0.3) is 5.91 Å². The average molecular weight is 427 g/mol. The van der Waals surface area contributed by atoms with Gasteiger partial charge in [0.1, 0.15) is 0 Å². The van der Waals surface area contributed by atoms with E-state index >= 15 is 0 Å². The van der Waals surface area contributed by atoms with Crippen LogP contribution in [0.2, 0.25) is 0 Å². The van der Waals surface area contributed by atoms with Gasteiger partial charge in [0.15, 0.2) is 0 Å². The number of carbonyl (C=O) groups excluding carboxylic acids is 1. The molecule has 1 heterocycles. The Hall–Kier alpha value is -2.97. The fraction of sp³-hybridized carbons (Fsp3) is 0.273. The minimum absolute atomic E-state index is 0.152. The molecular weight excluding hydrogens is 400 g/mol. The molecule has 7 nitrogen and oxygen atoms in total. The van der Waals surface area contributed by atoms with Crippen LogP contribution < -0.4 is 10.0 Å². The first kappa shape index (κ1) is 21.7. The fourth-order valence-electron chi connectivity index (χ4n) is 3.16. The van der Waals surface area contributed by atoms with Gasteiger partial charge in [0.2, 0.25) is 10.0 Å². The Kier molecular flexibility index (Phi) is 6.69. The van der Waals surface area contributed by atoms with E-state index in [2.05, 4.69) is 15.1 Å². The molecule has 0 saturated carbocycles. The Morgan fingerprint density at radius 1 is 1.07 bits per heavy atom. The van der Waals surface area contributed by atoms with E-state index in [1.165, 1.54) is 12.1 Å². The van der Waals surface area contributed by atoms with E-state index < -0.39 is 10.0 Å². The van der Waals surface area contributed by atoms with Crippen molar-refractivity contribution in [1.82, 2.24) is 14.5 Å². The second kappa shape index (κ2) is 9.23. The second-order valence-electron chi connectivity index (χ2n) is 7.26. The minimum Gasteiger partial charge on any atom is -0.322 e. The molecule has 3 aromatic rings. The smallest absolute Gasteiger partial charge is 0.259 e. The molecule has 0 aliphatic carbocycles. The van der Waals surface area contributed by atoms with E-state index in [9.17, 15) is 13.2 Å². The van der Waals surface area contributed by atoms with Crippen LogP contribution in [0.1, 0.15) is 42.4 Å². The monoisotopic (exact) mass is 426 g/mol. The molecule has 0 fully saturated rings. The summed E-state index contributed by atoms with van der Waals surface area (Å²) in [6.07, 6.45) is 2.23. The molecule has 158 valence electrons. The van der Waals surface area contributed by atoms with Crippen molar-refractivity contribution in [2.24, 2.45) is 0 Å². The first-order chi connectivity index (χ1) is 14.3. The highest BCUT2D eigenvalue weighted by Crippen LogP contribution is 2.18. The summed E-state index contributed by atoms with van der Waals surface area (Å²) in [6, 6.07) is 15.8. The number of anilines is 1. The number of carbonyl (C=O) groups is 1. The van der Waals surface area contributed by atoms with Gasteiger partial charge >= 0.3 is 0 Å². The van der Waals surface area contributed by atoms with Crippen LogP contribution in [0.15, 0.2) is 65.7 Å². The van der Waals surface area contributed by atoms with Crippen LogP contribution in [0.4, 0.5) is 5.69 Å². The zero-order chi connectivity index (χ0) is 21.7. The van der Waals surface area contributed by atoms with E-state index in [1.807, 2.05) is 41.9 Å². The molecule has 0 bridgehead atoms. The lowest BCUT2D eigenvalue weighted by Gasteiger charge is -2.11. The van der Waals surface area contributed by atoms with Gasteiger partial charge in [0.05, 0.1) is 28.9 Å². The number of sulfonamides is 1. The predicted octanol–water partition coefficient (Wildman–Crippen LogP) is 3.43. The number of nitrogens with one attached hydrogen (secondary N) is 2. The molecule has 2 aromatic carbocycles. The molecule has 1 aromatic heterocycles. The van der Waals surface area contributed by atoms with Crippen molar-refractivity contribution in [3.63, 3.8) is 0 Å². The number of aromatic nitrogens is 2. The Labute approximate surface area is 177 Å². The van der Waals surface area contributed by atoms with Crippen molar-refractivity contribution in [2.45, 2.75) is 44.7 Å². The Morgan fingerprint density at radius 2 is 1.73 bits per heavy atom. The summed E-state index contributed by atoms with van der Waals surface area (Å²) in [7, 11) is -3.57. The van der Waals surface area contributed by atoms with Crippen molar-refractivity contribution in [3.8, 4) is 0 Å². The summed E-state index contributed by atoms with van der Waals surface area (Å²) >= 11 is 0. The third-order valence-corrected chi connectivity index (χ3v) is 6.19. The molecule has 0 atom stereocenters. The van der Waals surface area contributed by atoms with Gasteiger partial charge in [-0.25, -0.2) is 13.1 Å². The molecule has 0 saturated heterocycles. The normalized spacial score (nSPS) is 11.6. The van der Waals surface area contributed by atoms with Gasteiger partial charge in [0, 0.05) is 11.7 Å². The van der Waals surface area contributed by atoms with Crippen LogP contribution in [0.3, 0.4) is 0 Å². The highest BCUT2D eigenvalue weighted by molar-refractivity contribution is 7.89. The molecule has 0 aliphatic heterocycles. The fourth-order valence-corrected chi connectivity index (χ4v) is 4.41. The number of hydrogen-bond acceptors (Lipinski definition) is 4. The highest BCUT2D eigenvalue weighted by Gasteiger charge is 2.18. The largest absolute Gasteiger partial charge is 0.322 e. The summed E-state index contributed by atoms with van der Waals surface area (Å²) in [6.45, 7) is 6.09. The summed E-state index contributed by atoms with van der Waals surface area (Å²) < 4.78 is 28.8. The molecule has 0 unspecified atom stereocenters. The van der Waals surface area contributed by atoms with Crippen molar-refractivity contribution < 1.29 is 13.2 Å². The van der Waals surface area contributed by atoms with Crippen LogP contribution in [-0.4, -0.2) is 30.1 Å². The first-order valence-electron chi connectivity index (χ1n) is 9.82. The zero-order valence-corrected chi connectivity index (χ0v) is 18.1. The molecule has 0 spiro atoms. The number of rotatable bonds is 8. The maximum atomic E-state index is 12.8. The number of hydrogen-bond donors (Lipinski definition) is 2. The van der Waals surface area contributed by atoms with E-state index in [-0.39, 0.29) is 16.8 Å². The molecule has 1 amide bonds. The van der Waals surface area contributed by atoms with Gasteiger partial charge in [-0.1, -0.05) is 37.3 Å². The lowest BCUT2D eigenvalue weighted by Crippen LogP contribution is -2.30. The zero-order valence-electron chi connectivity index (χ0n) is 17.3. The molecule has 2 N–H and O–H groups in total. The maximum Gasteiger partial charge on any atom is 0.259 e. The quantitative estimate of drug-likeness (QED) is 0.577. The van der Waals surface area contributed by atoms with Crippen LogP contribution >= 0.6 is 0 Å². The molecule has 3 rings (SSSR count). The van der Waals surface area contributed by atoms with Crippen molar-refractivity contribution in [1.29, 1.82) is 0 Å². The van der Waals surface area contributed by atoms with E-state index in [4.69, 9.17) is 0 Å². The van der Waals surface area contributed by atoms with Gasteiger partial charge < -0.3 is 5.32 Å². The number of nitrogens with zero attached hydrogens (tertiary/aromatic N) is 2. The minimum atomic E-state index is -3.57. The Balaban J connectivity index is 1.75. The molecule has 0 radical (unpaired) electrons. The van der Waals surface area contributed by atoms with E-state index in [0.717, 1.165) is 11.3 Å². The summed E-state index contributed by atoms with van der Waals surface area (Å²) in [4.78, 5) is 12.9. The lowest BCUT2D eigenvalue weighted by atomic mass is 10.1.